The van der Waals surface area contributed by atoms with Gasteiger partial charge in [-0.25, -0.2) is 14.6 Å². The summed E-state index contributed by atoms with van der Waals surface area (Å²) in [7, 11) is 3.09. The van der Waals surface area contributed by atoms with Gasteiger partial charge in [0, 0.05) is 28.7 Å². The number of hydrogen-bond donors (Lipinski definition) is 3. The molecule has 0 atom stereocenters. The van der Waals surface area contributed by atoms with Crippen LogP contribution in [0, 0.1) is 13.8 Å². The molecule has 3 N–H and O–H groups in total. The van der Waals surface area contributed by atoms with Gasteiger partial charge in [-0.1, -0.05) is 6.07 Å². The zero-order valence-corrected chi connectivity index (χ0v) is 21.3. The number of H-pyrrole nitrogens is 1. The third-order valence-corrected chi connectivity index (χ3v) is 6.49. The second kappa shape index (κ2) is 10.6. The molecule has 0 saturated heterocycles. The number of nitrogens with one attached hydrogen (secondary N) is 1. The van der Waals surface area contributed by atoms with Gasteiger partial charge in [0.25, 0.3) is 0 Å². The summed E-state index contributed by atoms with van der Waals surface area (Å²) in [5.74, 6) is -0.559. The lowest BCUT2D eigenvalue weighted by Crippen LogP contribution is -2.03. The van der Waals surface area contributed by atoms with Gasteiger partial charge in [0.15, 0.2) is 5.82 Å². The average molecular weight is 521 g/mol. The highest BCUT2D eigenvalue weighted by Crippen LogP contribution is 2.32. The van der Waals surface area contributed by atoms with Gasteiger partial charge in [-0.3, -0.25) is 5.10 Å². The molecular formula is C26H24N4O6S. The summed E-state index contributed by atoms with van der Waals surface area (Å²) >= 11 is 0.912. The Hall–Kier alpha value is -4.51. The van der Waals surface area contributed by atoms with Crippen molar-refractivity contribution in [1.82, 2.24) is 19.7 Å². The summed E-state index contributed by atoms with van der Waals surface area (Å²) in [5, 5.41) is 26.4. The first-order chi connectivity index (χ1) is 17.7. The molecule has 10 nitrogen and oxygen atoms in total. The number of carbonyl (C=O) groups is 2. The van der Waals surface area contributed by atoms with Crippen LogP contribution in [0.15, 0.2) is 58.6 Å². The first-order valence-corrected chi connectivity index (χ1v) is 11.8. The molecule has 0 amide bonds. The fourth-order valence-electron chi connectivity index (χ4n) is 3.85. The van der Waals surface area contributed by atoms with Crippen LogP contribution in [0.2, 0.25) is 0 Å². The molecule has 0 bridgehead atoms. The predicted molar refractivity (Wildman–Crippen MR) is 139 cm³/mol. The first-order valence-electron chi connectivity index (χ1n) is 11.0. The van der Waals surface area contributed by atoms with Crippen LogP contribution in [0.3, 0.4) is 0 Å². The van der Waals surface area contributed by atoms with Gasteiger partial charge < -0.3 is 24.3 Å². The molecule has 0 unspecified atom stereocenters. The van der Waals surface area contributed by atoms with E-state index in [9.17, 15) is 19.8 Å². The van der Waals surface area contributed by atoms with Crippen molar-refractivity contribution in [3.05, 3.63) is 76.0 Å². The number of aryl methyl sites for hydroxylation is 1. The molecule has 0 aliphatic heterocycles. The van der Waals surface area contributed by atoms with E-state index in [0.29, 0.717) is 34.1 Å². The first kappa shape index (κ1) is 25.6. The Morgan fingerprint density at radius 1 is 1.03 bits per heavy atom. The van der Waals surface area contributed by atoms with Crippen LogP contribution >= 0.6 is 11.8 Å². The summed E-state index contributed by atoms with van der Waals surface area (Å²) in [4.78, 5) is 27.9. The number of rotatable bonds is 9. The fraction of sp³-hybridized carbons (Fsp3) is 0.154. The Balaban J connectivity index is 1.65. The number of aromatic amines is 1. The van der Waals surface area contributed by atoms with Crippen molar-refractivity contribution in [2.75, 3.05) is 14.2 Å². The van der Waals surface area contributed by atoms with Crippen molar-refractivity contribution >= 4 is 29.8 Å². The number of carboxylic acid groups (broad SMARTS) is 2. The number of carboxylic acids is 2. The second-order valence-electron chi connectivity index (χ2n) is 8.00. The Labute approximate surface area is 216 Å². The Morgan fingerprint density at radius 3 is 2.35 bits per heavy atom. The fourth-order valence-corrected chi connectivity index (χ4v) is 4.55. The van der Waals surface area contributed by atoms with Crippen molar-refractivity contribution in [2.45, 2.75) is 19.0 Å². The van der Waals surface area contributed by atoms with Crippen molar-refractivity contribution in [2.24, 2.45) is 0 Å². The highest BCUT2D eigenvalue weighted by molar-refractivity contribution is 8.04. The van der Waals surface area contributed by atoms with Crippen LogP contribution in [-0.2, 0) is 4.79 Å². The molecule has 0 radical (unpaired) electrons. The second-order valence-corrected chi connectivity index (χ2v) is 9.01. The van der Waals surface area contributed by atoms with Crippen molar-refractivity contribution in [1.29, 1.82) is 0 Å². The van der Waals surface area contributed by atoms with E-state index < -0.39 is 11.9 Å². The number of hydrogen-bond acceptors (Lipinski definition) is 7. The van der Waals surface area contributed by atoms with Crippen molar-refractivity contribution < 1.29 is 29.3 Å². The lowest BCUT2D eigenvalue weighted by molar-refractivity contribution is -0.131. The van der Waals surface area contributed by atoms with E-state index in [0.717, 1.165) is 23.1 Å². The van der Waals surface area contributed by atoms with Crippen molar-refractivity contribution in [3.8, 4) is 28.6 Å². The third kappa shape index (κ3) is 5.51. The maximum atomic E-state index is 12.1. The molecule has 0 aliphatic rings. The molecule has 0 spiro atoms. The molecule has 0 saturated carbocycles. The lowest BCUT2D eigenvalue weighted by Gasteiger charge is -2.10. The molecule has 2 aromatic carbocycles. The normalized spacial score (nSPS) is 11.4. The molecule has 2 heterocycles. The number of thioether (sulfide) groups is 1. The zero-order valence-electron chi connectivity index (χ0n) is 20.5. The highest BCUT2D eigenvalue weighted by Gasteiger charge is 2.18. The quantitative estimate of drug-likeness (QED) is 0.209. The maximum Gasteiger partial charge on any atom is 0.342 e. The summed E-state index contributed by atoms with van der Waals surface area (Å²) < 4.78 is 12.5. The predicted octanol–water partition coefficient (Wildman–Crippen LogP) is 4.81. The minimum Gasteiger partial charge on any atom is -0.497 e. The summed E-state index contributed by atoms with van der Waals surface area (Å²) in [6.07, 6.45) is 1.55. The van der Waals surface area contributed by atoms with Crippen LogP contribution in [0.1, 0.15) is 27.3 Å². The van der Waals surface area contributed by atoms with Crippen LogP contribution in [0.4, 0.5) is 0 Å². The Kier molecular flexibility index (Phi) is 7.35. The number of ether oxygens (including phenoxy) is 2. The van der Waals surface area contributed by atoms with E-state index >= 15 is 0 Å². The van der Waals surface area contributed by atoms with E-state index in [2.05, 4.69) is 15.2 Å². The summed E-state index contributed by atoms with van der Waals surface area (Å²) in [5.41, 5.74) is 3.77. The molecule has 0 aliphatic carbocycles. The smallest absolute Gasteiger partial charge is 0.342 e. The van der Waals surface area contributed by atoms with Gasteiger partial charge >= 0.3 is 11.9 Å². The van der Waals surface area contributed by atoms with Gasteiger partial charge in [-0.15, -0.1) is 5.10 Å². The van der Waals surface area contributed by atoms with E-state index in [4.69, 9.17) is 9.47 Å². The van der Waals surface area contributed by atoms with Crippen molar-refractivity contribution in [3.63, 3.8) is 0 Å². The van der Waals surface area contributed by atoms with Gasteiger partial charge in [0.05, 0.1) is 19.8 Å². The molecular weight excluding hydrogens is 496 g/mol. The van der Waals surface area contributed by atoms with Crippen LogP contribution < -0.4 is 9.47 Å². The van der Waals surface area contributed by atoms with E-state index in [-0.39, 0.29) is 15.6 Å². The number of aromatic nitrogens is 4. The zero-order chi connectivity index (χ0) is 26.7. The largest absolute Gasteiger partial charge is 0.497 e. The van der Waals surface area contributed by atoms with Gasteiger partial charge in [0.2, 0.25) is 5.16 Å². The van der Waals surface area contributed by atoms with Crippen LogP contribution in [0.25, 0.3) is 23.2 Å². The molecule has 4 aromatic rings. The monoisotopic (exact) mass is 520 g/mol. The standard InChI is InChI=1S/C26H24N4O6S/c1-14-8-17(15(2)30(14)19-7-5-6-16(9-19)24(31)32)12-22(25(33)34)37-26-27-23(28-29-26)18-10-20(35-3)13-21(11-18)36-4/h5-13H,1-4H3,(H,31,32)(H,33,34)(H,27,28,29)/b22-12-. The third-order valence-electron chi connectivity index (χ3n) is 5.61. The Morgan fingerprint density at radius 2 is 1.73 bits per heavy atom. The molecule has 37 heavy (non-hydrogen) atoms. The maximum absolute atomic E-state index is 12.1. The summed E-state index contributed by atoms with van der Waals surface area (Å²) in [6, 6.07) is 13.7. The lowest BCUT2D eigenvalue weighted by atomic mass is 10.2. The number of benzene rings is 2. The number of methoxy groups -OCH3 is 2. The number of nitrogens with zero attached hydrogens (tertiary/aromatic N) is 3. The average Bonchev–Trinajstić information content (AvgIpc) is 3.46. The van der Waals surface area contributed by atoms with Gasteiger partial charge in [0.1, 0.15) is 16.4 Å². The minimum atomic E-state index is -1.13. The Bertz CT molecular complexity index is 1500. The molecule has 11 heteroatoms. The van der Waals surface area contributed by atoms with E-state index in [1.165, 1.54) is 6.07 Å². The SMILES string of the molecule is COc1cc(OC)cc(-c2nc(S/C(=C\c3cc(C)n(-c4cccc(C(=O)O)c4)c3C)C(=O)O)n[nH]2)c1. The number of aromatic carboxylic acids is 1. The number of aliphatic carboxylic acids is 1. The highest BCUT2D eigenvalue weighted by atomic mass is 32.2. The molecule has 4 rings (SSSR count). The summed E-state index contributed by atoms with van der Waals surface area (Å²) in [6.45, 7) is 3.72. The van der Waals surface area contributed by atoms with E-state index in [1.807, 2.05) is 24.5 Å². The molecule has 190 valence electrons. The topological polar surface area (TPSA) is 140 Å². The minimum absolute atomic E-state index is 0.0216. The van der Waals surface area contributed by atoms with Gasteiger partial charge in [-0.2, -0.15) is 0 Å². The molecule has 2 aromatic heterocycles. The molecule has 0 fully saturated rings. The van der Waals surface area contributed by atoms with Crippen LogP contribution in [-0.4, -0.2) is 56.1 Å². The van der Waals surface area contributed by atoms with E-state index in [1.54, 1.807) is 56.7 Å². The van der Waals surface area contributed by atoms with Crippen LogP contribution in [0.5, 0.6) is 11.5 Å². The van der Waals surface area contributed by atoms with Gasteiger partial charge in [-0.05, 0) is 73.6 Å².